The molecule has 0 spiro atoms. The number of carbonyl (C=O) groups is 3. The summed E-state index contributed by atoms with van der Waals surface area (Å²) in [6.07, 6.45) is 5.26. The number of nitrogens with two attached hydrogens (primary N) is 1. The highest BCUT2D eigenvalue weighted by atomic mass is 16.5. The van der Waals surface area contributed by atoms with Crippen LogP contribution in [-0.4, -0.2) is 42.3 Å². The molecule has 2 N–H and O–H groups in total. The first-order chi connectivity index (χ1) is 16.5. The number of anilines is 1. The molecule has 0 bridgehead atoms. The van der Waals surface area contributed by atoms with Gasteiger partial charge in [-0.3, -0.25) is 19.3 Å². The van der Waals surface area contributed by atoms with Gasteiger partial charge in [0.2, 0.25) is 11.8 Å². The van der Waals surface area contributed by atoms with Crippen LogP contribution < -0.4 is 15.4 Å². The van der Waals surface area contributed by atoms with Crippen molar-refractivity contribution < 1.29 is 19.1 Å². The summed E-state index contributed by atoms with van der Waals surface area (Å²) in [5, 5.41) is 0. The lowest BCUT2D eigenvalue weighted by Crippen LogP contribution is -2.54. The van der Waals surface area contributed by atoms with Gasteiger partial charge in [-0.15, -0.1) is 0 Å². The van der Waals surface area contributed by atoms with Crippen LogP contribution in [0.5, 0.6) is 5.75 Å². The van der Waals surface area contributed by atoms with Crippen molar-refractivity contribution in [3.8, 4) is 5.75 Å². The topological polar surface area (TPSA) is 92.9 Å². The molecule has 7 heteroatoms. The quantitative estimate of drug-likeness (QED) is 0.711. The standard InChI is InChI=1S/C27H31N3O4/c1-34-20-11-9-18(10-12-20)15-29-16-19-14-23(26(28)32)30(24(31)13-17-5-2-3-6-17)22-8-4-7-21(25(19)22)27(29)33/h4,7-12,17,19,23H,2-3,5-6,13-16H2,1H3,(H2,28,32)/t19-,23-/m0/s1. The molecule has 0 aromatic heterocycles. The summed E-state index contributed by atoms with van der Waals surface area (Å²) in [4.78, 5) is 42.8. The molecule has 2 aromatic carbocycles. The van der Waals surface area contributed by atoms with E-state index >= 15 is 0 Å². The van der Waals surface area contributed by atoms with Gasteiger partial charge in [-0.25, -0.2) is 0 Å². The highest BCUT2D eigenvalue weighted by molar-refractivity contribution is 6.05. The van der Waals surface area contributed by atoms with Gasteiger partial charge < -0.3 is 15.4 Å². The van der Waals surface area contributed by atoms with E-state index in [1.54, 1.807) is 18.1 Å². The largest absolute Gasteiger partial charge is 0.497 e. The lowest BCUT2D eigenvalue weighted by Gasteiger charge is -2.44. The first-order valence-electron chi connectivity index (χ1n) is 12.1. The Morgan fingerprint density at radius 1 is 1.09 bits per heavy atom. The van der Waals surface area contributed by atoms with Crippen LogP contribution in [0, 0.1) is 5.92 Å². The molecule has 2 heterocycles. The first-order valence-corrected chi connectivity index (χ1v) is 12.1. The highest BCUT2D eigenvalue weighted by Crippen LogP contribution is 2.45. The first kappa shape index (κ1) is 22.4. The Kier molecular flexibility index (Phi) is 6.02. The summed E-state index contributed by atoms with van der Waals surface area (Å²) in [7, 11) is 1.62. The number of ether oxygens (including phenoxy) is 1. The minimum atomic E-state index is -0.697. The maximum absolute atomic E-state index is 13.5. The number of nitrogens with zero attached hydrogens (tertiary/aromatic N) is 2. The number of primary amides is 1. The minimum Gasteiger partial charge on any atom is -0.497 e. The molecule has 7 nitrogen and oxygen atoms in total. The fraction of sp³-hybridized carbons (Fsp3) is 0.444. The average molecular weight is 462 g/mol. The van der Waals surface area contributed by atoms with Crippen LogP contribution in [0.1, 0.15) is 65.9 Å². The van der Waals surface area contributed by atoms with Gasteiger partial charge in [0.05, 0.1) is 7.11 Å². The van der Waals surface area contributed by atoms with Crippen molar-refractivity contribution >= 4 is 23.4 Å². The second-order valence-corrected chi connectivity index (χ2v) is 9.74. The van der Waals surface area contributed by atoms with Gasteiger partial charge in [-0.1, -0.05) is 31.0 Å². The summed E-state index contributed by atoms with van der Waals surface area (Å²) in [6, 6.07) is 12.5. The van der Waals surface area contributed by atoms with E-state index in [1.165, 1.54) is 0 Å². The molecule has 1 saturated carbocycles. The van der Waals surface area contributed by atoms with Crippen molar-refractivity contribution in [2.45, 2.75) is 57.0 Å². The van der Waals surface area contributed by atoms with E-state index in [0.29, 0.717) is 43.1 Å². The maximum Gasteiger partial charge on any atom is 0.254 e. The molecule has 3 aliphatic rings. The van der Waals surface area contributed by atoms with Crippen molar-refractivity contribution in [2.75, 3.05) is 18.6 Å². The molecule has 2 aliphatic heterocycles. The third-order valence-corrected chi connectivity index (χ3v) is 7.60. The third kappa shape index (κ3) is 4.04. The molecular formula is C27H31N3O4. The Bertz CT molecular complexity index is 1110. The van der Waals surface area contributed by atoms with Crippen LogP contribution in [0.4, 0.5) is 5.69 Å². The molecule has 0 radical (unpaired) electrons. The Hall–Kier alpha value is -3.35. The smallest absolute Gasteiger partial charge is 0.254 e. The molecule has 2 atom stereocenters. The second-order valence-electron chi connectivity index (χ2n) is 9.74. The molecule has 3 amide bonds. The molecule has 178 valence electrons. The van der Waals surface area contributed by atoms with Gasteiger partial charge in [0, 0.05) is 36.7 Å². The van der Waals surface area contributed by atoms with Gasteiger partial charge in [-0.2, -0.15) is 0 Å². The zero-order chi connectivity index (χ0) is 23.8. The summed E-state index contributed by atoms with van der Waals surface area (Å²) in [6.45, 7) is 0.956. The number of carbonyl (C=O) groups excluding carboxylic acids is 3. The fourth-order valence-corrected chi connectivity index (χ4v) is 5.92. The molecule has 0 unspecified atom stereocenters. The van der Waals surface area contributed by atoms with E-state index in [-0.39, 0.29) is 17.7 Å². The SMILES string of the molecule is COc1ccc(CN2C[C@@H]3C[C@@H](C(N)=O)N(C(=O)CC4CCCC4)c4cccc(c43)C2=O)cc1. The monoisotopic (exact) mass is 461 g/mol. The summed E-state index contributed by atoms with van der Waals surface area (Å²) >= 11 is 0. The Morgan fingerprint density at radius 3 is 2.50 bits per heavy atom. The third-order valence-electron chi connectivity index (χ3n) is 7.60. The van der Waals surface area contributed by atoms with E-state index in [1.807, 2.05) is 41.3 Å². The van der Waals surface area contributed by atoms with E-state index < -0.39 is 11.9 Å². The lowest BCUT2D eigenvalue weighted by atomic mass is 9.79. The predicted molar refractivity (Wildman–Crippen MR) is 129 cm³/mol. The van der Waals surface area contributed by atoms with Crippen LogP contribution in [0.25, 0.3) is 0 Å². The van der Waals surface area contributed by atoms with Crippen molar-refractivity contribution in [3.05, 3.63) is 59.2 Å². The van der Waals surface area contributed by atoms with Gasteiger partial charge in [0.1, 0.15) is 11.8 Å². The molecule has 1 fully saturated rings. The van der Waals surface area contributed by atoms with Crippen LogP contribution >= 0.6 is 0 Å². The highest BCUT2D eigenvalue weighted by Gasteiger charge is 2.44. The molecule has 1 aliphatic carbocycles. The van der Waals surface area contributed by atoms with E-state index in [2.05, 4.69) is 0 Å². The number of methoxy groups -OCH3 is 1. The minimum absolute atomic E-state index is 0.0461. The van der Waals surface area contributed by atoms with Crippen molar-refractivity contribution in [1.82, 2.24) is 4.90 Å². The van der Waals surface area contributed by atoms with Gasteiger partial charge in [0.15, 0.2) is 0 Å². The van der Waals surface area contributed by atoms with Gasteiger partial charge >= 0.3 is 0 Å². The van der Waals surface area contributed by atoms with Crippen LogP contribution in [0.2, 0.25) is 0 Å². The molecule has 2 aromatic rings. The predicted octanol–water partition coefficient (Wildman–Crippen LogP) is 3.61. The number of rotatable bonds is 6. The van der Waals surface area contributed by atoms with Crippen molar-refractivity contribution in [2.24, 2.45) is 11.7 Å². The van der Waals surface area contributed by atoms with Crippen molar-refractivity contribution in [1.29, 1.82) is 0 Å². The molecular weight excluding hydrogens is 430 g/mol. The zero-order valence-corrected chi connectivity index (χ0v) is 19.5. The van der Waals surface area contributed by atoms with Crippen LogP contribution in [0.3, 0.4) is 0 Å². The van der Waals surface area contributed by atoms with Crippen molar-refractivity contribution in [3.63, 3.8) is 0 Å². The Morgan fingerprint density at radius 2 is 1.82 bits per heavy atom. The van der Waals surface area contributed by atoms with Crippen LogP contribution in [0.15, 0.2) is 42.5 Å². The molecule has 34 heavy (non-hydrogen) atoms. The maximum atomic E-state index is 13.5. The molecule has 0 saturated heterocycles. The van der Waals surface area contributed by atoms with Gasteiger partial charge in [0.25, 0.3) is 5.91 Å². The van der Waals surface area contributed by atoms with Gasteiger partial charge in [-0.05, 0) is 60.6 Å². The zero-order valence-electron chi connectivity index (χ0n) is 19.5. The second kappa shape index (κ2) is 9.12. The number of hydrogen-bond donors (Lipinski definition) is 1. The Balaban J connectivity index is 1.46. The van der Waals surface area contributed by atoms with Crippen LogP contribution in [-0.2, 0) is 16.1 Å². The van der Waals surface area contributed by atoms with E-state index in [0.717, 1.165) is 42.6 Å². The number of amides is 3. The lowest BCUT2D eigenvalue weighted by molar-refractivity contribution is -0.125. The normalized spacial score (nSPS) is 22.0. The molecule has 5 rings (SSSR count). The Labute approximate surface area is 199 Å². The summed E-state index contributed by atoms with van der Waals surface area (Å²) < 4.78 is 5.23. The fourth-order valence-electron chi connectivity index (χ4n) is 5.92. The summed E-state index contributed by atoms with van der Waals surface area (Å²) in [5.41, 5.74) is 9.00. The average Bonchev–Trinajstić information content (AvgIpc) is 3.35. The van der Waals surface area contributed by atoms with E-state index in [9.17, 15) is 14.4 Å². The number of hydrogen-bond acceptors (Lipinski definition) is 4. The van der Waals surface area contributed by atoms with E-state index in [4.69, 9.17) is 10.5 Å². The summed E-state index contributed by atoms with van der Waals surface area (Å²) in [5.74, 6) is 0.479. The number of benzene rings is 2.